The molecule has 1 aliphatic rings. The lowest BCUT2D eigenvalue weighted by Crippen LogP contribution is -2.32. The Morgan fingerprint density at radius 2 is 1.88 bits per heavy atom. The molecule has 2 rings (SSSR count). The summed E-state index contributed by atoms with van der Waals surface area (Å²) in [6.07, 6.45) is 0.695. The molecule has 0 saturated heterocycles. The first-order chi connectivity index (χ1) is 11.4. The van der Waals surface area contributed by atoms with E-state index < -0.39 is 5.97 Å². The van der Waals surface area contributed by atoms with Gasteiger partial charge >= 0.3 is 5.97 Å². The maximum absolute atomic E-state index is 12.2. The number of fused-ring (bicyclic) bond motifs is 1. The maximum Gasteiger partial charge on any atom is 0.313 e. The van der Waals surface area contributed by atoms with Gasteiger partial charge in [-0.2, -0.15) is 0 Å². The molecule has 1 unspecified atom stereocenters. The van der Waals surface area contributed by atoms with Crippen molar-refractivity contribution >= 4 is 11.8 Å². The number of ether oxygens (including phenoxy) is 3. The van der Waals surface area contributed by atoms with Crippen LogP contribution in [-0.2, 0) is 20.7 Å². The first-order valence-corrected chi connectivity index (χ1v) is 8.14. The molecule has 6 nitrogen and oxygen atoms in total. The molecule has 1 aromatic rings. The second-order valence-electron chi connectivity index (χ2n) is 6.12. The Balaban J connectivity index is 2.11. The number of hydrogen-bond donors (Lipinski definition) is 1. The van der Waals surface area contributed by atoms with Gasteiger partial charge in [0.1, 0.15) is 12.2 Å². The molecular weight excluding hydrogens is 310 g/mol. The number of carbonyl (C=O) groups excluding carboxylic acids is 2. The molecule has 6 heteroatoms. The minimum atomic E-state index is -0.474. The summed E-state index contributed by atoms with van der Waals surface area (Å²) >= 11 is 0. The van der Waals surface area contributed by atoms with E-state index in [1.54, 1.807) is 28.1 Å². The number of ketones is 1. The van der Waals surface area contributed by atoms with E-state index in [1.807, 2.05) is 12.1 Å². The van der Waals surface area contributed by atoms with Gasteiger partial charge in [0, 0.05) is 12.5 Å². The van der Waals surface area contributed by atoms with Gasteiger partial charge in [-0.1, -0.05) is 0 Å². The van der Waals surface area contributed by atoms with Gasteiger partial charge in [0.05, 0.1) is 20.3 Å². The van der Waals surface area contributed by atoms with E-state index in [9.17, 15) is 9.59 Å². The van der Waals surface area contributed by atoms with Crippen molar-refractivity contribution in [3.05, 3.63) is 23.3 Å². The van der Waals surface area contributed by atoms with Crippen LogP contribution in [-0.4, -0.2) is 38.6 Å². The number of rotatable bonds is 7. The lowest BCUT2D eigenvalue weighted by molar-refractivity contribution is -0.149. The van der Waals surface area contributed by atoms with Crippen molar-refractivity contribution in [2.75, 3.05) is 20.8 Å². The Labute approximate surface area is 142 Å². The van der Waals surface area contributed by atoms with E-state index in [0.29, 0.717) is 11.5 Å². The Morgan fingerprint density at radius 1 is 1.21 bits per heavy atom. The van der Waals surface area contributed by atoms with Crippen molar-refractivity contribution in [1.29, 1.82) is 0 Å². The molecule has 0 amide bonds. The topological polar surface area (TPSA) is 73.9 Å². The van der Waals surface area contributed by atoms with E-state index in [1.165, 1.54) is 0 Å². The van der Waals surface area contributed by atoms with Crippen LogP contribution in [0, 0.1) is 0 Å². The van der Waals surface area contributed by atoms with Gasteiger partial charge in [0.2, 0.25) is 0 Å². The van der Waals surface area contributed by atoms with Crippen LogP contribution in [0.15, 0.2) is 12.1 Å². The fraction of sp³-hybridized carbons (Fsp3) is 0.556. The van der Waals surface area contributed by atoms with Gasteiger partial charge in [0.15, 0.2) is 11.5 Å². The highest BCUT2D eigenvalue weighted by Gasteiger charge is 2.25. The monoisotopic (exact) mass is 335 g/mol. The Kier molecular flexibility index (Phi) is 6.20. The van der Waals surface area contributed by atoms with Gasteiger partial charge < -0.3 is 19.5 Å². The molecule has 1 heterocycles. The predicted molar refractivity (Wildman–Crippen MR) is 89.5 cm³/mol. The van der Waals surface area contributed by atoms with Crippen LogP contribution in [0.2, 0.25) is 0 Å². The highest BCUT2D eigenvalue weighted by atomic mass is 16.5. The third-order valence-electron chi connectivity index (χ3n) is 3.95. The minimum Gasteiger partial charge on any atom is -0.493 e. The molecule has 1 aromatic carbocycles. The average molecular weight is 335 g/mol. The highest BCUT2D eigenvalue weighted by molar-refractivity contribution is 5.95. The minimum absolute atomic E-state index is 0.132. The van der Waals surface area contributed by atoms with Gasteiger partial charge in [-0.3, -0.25) is 9.59 Å². The highest BCUT2D eigenvalue weighted by Crippen LogP contribution is 2.36. The number of Topliss-reactive ketones (excluding diaryl/α,β-unsaturated/α-hetero) is 1. The molecule has 1 aliphatic heterocycles. The maximum atomic E-state index is 12.2. The lowest BCUT2D eigenvalue weighted by Gasteiger charge is -2.27. The molecule has 0 radical (unpaired) electrons. The quantitative estimate of drug-likeness (QED) is 0.608. The molecule has 0 aliphatic carbocycles. The van der Waals surface area contributed by atoms with E-state index >= 15 is 0 Å². The second kappa shape index (κ2) is 8.15. The van der Waals surface area contributed by atoms with Crippen molar-refractivity contribution in [1.82, 2.24) is 5.32 Å². The van der Waals surface area contributed by atoms with Crippen molar-refractivity contribution in [2.24, 2.45) is 0 Å². The Bertz CT molecular complexity index is 612. The molecule has 1 atom stereocenters. The van der Waals surface area contributed by atoms with Gasteiger partial charge in [-0.15, -0.1) is 0 Å². The van der Waals surface area contributed by atoms with E-state index in [4.69, 9.17) is 14.2 Å². The number of hydrogen-bond acceptors (Lipinski definition) is 6. The summed E-state index contributed by atoms with van der Waals surface area (Å²) in [6.45, 7) is 4.30. The summed E-state index contributed by atoms with van der Waals surface area (Å²) in [5, 5.41) is 3.34. The molecular formula is C18H25NO5. The summed E-state index contributed by atoms with van der Waals surface area (Å²) in [4.78, 5) is 23.8. The van der Waals surface area contributed by atoms with Gasteiger partial charge in [-0.25, -0.2) is 0 Å². The lowest BCUT2D eigenvalue weighted by atomic mass is 9.90. The van der Waals surface area contributed by atoms with Crippen LogP contribution in [0.3, 0.4) is 0 Å². The van der Waals surface area contributed by atoms with Crippen molar-refractivity contribution in [3.8, 4) is 11.5 Å². The first kappa shape index (κ1) is 18.3. The molecule has 132 valence electrons. The molecule has 0 aromatic heterocycles. The normalized spacial score (nSPS) is 16.5. The van der Waals surface area contributed by atoms with Crippen molar-refractivity contribution in [3.63, 3.8) is 0 Å². The zero-order valence-corrected chi connectivity index (χ0v) is 14.7. The Hall–Kier alpha value is -2.08. The third-order valence-corrected chi connectivity index (χ3v) is 3.95. The molecule has 0 fully saturated rings. The number of esters is 1. The van der Waals surface area contributed by atoms with Crippen molar-refractivity contribution in [2.45, 2.75) is 45.3 Å². The SMILES string of the molecule is COc1cc2c(cc1OC)C(CC(=O)CC(=O)OC(C)C)NCC2. The summed E-state index contributed by atoms with van der Waals surface area (Å²) < 4.78 is 15.7. The third kappa shape index (κ3) is 4.47. The van der Waals surface area contributed by atoms with Crippen LogP contribution in [0.25, 0.3) is 0 Å². The Morgan fingerprint density at radius 3 is 2.50 bits per heavy atom. The van der Waals surface area contributed by atoms with E-state index in [-0.39, 0.29) is 30.8 Å². The molecule has 24 heavy (non-hydrogen) atoms. The predicted octanol–water partition coefficient (Wildman–Crippen LogP) is 2.19. The van der Waals surface area contributed by atoms with Crippen LogP contribution < -0.4 is 14.8 Å². The van der Waals surface area contributed by atoms with Crippen molar-refractivity contribution < 1.29 is 23.8 Å². The number of nitrogens with one attached hydrogen (secondary N) is 1. The first-order valence-electron chi connectivity index (χ1n) is 8.14. The fourth-order valence-corrected chi connectivity index (χ4v) is 2.92. The zero-order valence-electron chi connectivity index (χ0n) is 14.7. The summed E-state index contributed by atoms with van der Waals surface area (Å²) in [6, 6.07) is 3.73. The van der Waals surface area contributed by atoms with Crippen LogP contribution in [0.1, 0.15) is 43.9 Å². The molecule has 0 spiro atoms. The number of carbonyl (C=O) groups is 2. The van der Waals surface area contributed by atoms with Gasteiger partial charge in [0.25, 0.3) is 0 Å². The number of benzene rings is 1. The van der Waals surface area contributed by atoms with E-state index in [0.717, 1.165) is 24.1 Å². The van der Waals surface area contributed by atoms with Gasteiger partial charge in [-0.05, 0) is 50.1 Å². The van der Waals surface area contributed by atoms with Crippen LogP contribution in [0.4, 0.5) is 0 Å². The molecule has 1 N–H and O–H groups in total. The molecule has 0 saturated carbocycles. The smallest absolute Gasteiger partial charge is 0.313 e. The second-order valence-corrected chi connectivity index (χ2v) is 6.12. The fourth-order valence-electron chi connectivity index (χ4n) is 2.92. The summed E-state index contributed by atoms with van der Waals surface area (Å²) in [5.74, 6) is 0.708. The number of methoxy groups -OCH3 is 2. The largest absolute Gasteiger partial charge is 0.493 e. The van der Waals surface area contributed by atoms with E-state index in [2.05, 4.69) is 5.32 Å². The van der Waals surface area contributed by atoms with Crippen LogP contribution in [0.5, 0.6) is 11.5 Å². The summed E-state index contributed by atoms with van der Waals surface area (Å²) in [7, 11) is 3.19. The molecule has 0 bridgehead atoms. The average Bonchev–Trinajstić information content (AvgIpc) is 2.52. The summed E-state index contributed by atoms with van der Waals surface area (Å²) in [5.41, 5.74) is 2.15. The van der Waals surface area contributed by atoms with Crippen LogP contribution >= 0.6 is 0 Å². The zero-order chi connectivity index (χ0) is 17.7. The standard InChI is InChI=1S/C18H25NO5/c1-11(2)24-18(21)9-13(20)8-15-14-10-17(23-4)16(22-3)7-12(14)5-6-19-15/h7,10-11,15,19H,5-6,8-9H2,1-4H3.